The first kappa shape index (κ1) is 17.2. The van der Waals surface area contributed by atoms with Crippen LogP contribution in [0.15, 0.2) is 54.6 Å². The molecule has 0 bridgehead atoms. The van der Waals surface area contributed by atoms with Gasteiger partial charge in [-0.1, -0.05) is 73.5 Å². The zero-order chi connectivity index (χ0) is 15.5. The van der Waals surface area contributed by atoms with Crippen LogP contribution in [-0.4, -0.2) is 6.29 Å². The van der Waals surface area contributed by atoms with Crippen molar-refractivity contribution < 1.29 is 4.79 Å². The first-order valence-electron chi connectivity index (χ1n) is 7.68. The zero-order valence-corrected chi connectivity index (χ0v) is 13.4. The van der Waals surface area contributed by atoms with Crippen molar-refractivity contribution in [2.45, 2.75) is 40.0 Å². The van der Waals surface area contributed by atoms with Crippen molar-refractivity contribution in [1.29, 1.82) is 0 Å². The van der Waals surface area contributed by atoms with Crippen LogP contribution in [0.2, 0.25) is 0 Å². The maximum Gasteiger partial charge on any atom is 0.123 e. The van der Waals surface area contributed by atoms with Crippen LogP contribution in [0, 0.1) is 19.8 Å². The van der Waals surface area contributed by atoms with E-state index in [-0.39, 0.29) is 5.92 Å². The van der Waals surface area contributed by atoms with Crippen LogP contribution in [0.3, 0.4) is 0 Å². The van der Waals surface area contributed by atoms with Gasteiger partial charge in [-0.25, -0.2) is 0 Å². The third-order valence-corrected chi connectivity index (χ3v) is 3.54. The van der Waals surface area contributed by atoms with Crippen LogP contribution >= 0.6 is 0 Å². The van der Waals surface area contributed by atoms with E-state index in [0.29, 0.717) is 0 Å². The molecule has 0 aliphatic carbocycles. The fraction of sp³-hybridized carbons (Fsp3) is 0.350. The van der Waals surface area contributed by atoms with Crippen molar-refractivity contribution in [3.05, 3.63) is 71.3 Å². The lowest BCUT2D eigenvalue weighted by Crippen LogP contribution is -2.06. The molecule has 0 N–H and O–H groups in total. The van der Waals surface area contributed by atoms with Crippen LogP contribution in [0.4, 0.5) is 0 Å². The molecule has 0 aliphatic heterocycles. The number of aryl methyl sites for hydroxylation is 2. The molecule has 21 heavy (non-hydrogen) atoms. The van der Waals surface area contributed by atoms with Gasteiger partial charge in [-0.05, 0) is 37.8 Å². The summed E-state index contributed by atoms with van der Waals surface area (Å²) < 4.78 is 0. The minimum Gasteiger partial charge on any atom is -0.303 e. The summed E-state index contributed by atoms with van der Waals surface area (Å²) in [6.45, 7) is 6.30. The second-order valence-electron chi connectivity index (χ2n) is 5.47. The molecule has 1 nitrogen and oxygen atoms in total. The lowest BCUT2D eigenvalue weighted by atomic mass is 9.94. The molecule has 0 saturated carbocycles. The van der Waals surface area contributed by atoms with E-state index in [2.05, 4.69) is 45.0 Å². The van der Waals surface area contributed by atoms with E-state index in [1.807, 2.05) is 30.3 Å². The third-order valence-electron chi connectivity index (χ3n) is 3.54. The molecule has 0 aliphatic rings. The van der Waals surface area contributed by atoms with Crippen LogP contribution in [0.1, 0.15) is 36.5 Å². The lowest BCUT2D eigenvalue weighted by molar-refractivity contribution is -0.111. The van der Waals surface area contributed by atoms with Gasteiger partial charge in [0, 0.05) is 5.92 Å². The molecule has 1 unspecified atom stereocenters. The van der Waals surface area contributed by atoms with Crippen LogP contribution in [0.5, 0.6) is 0 Å². The molecule has 0 spiro atoms. The smallest absolute Gasteiger partial charge is 0.123 e. The lowest BCUT2D eigenvalue weighted by Gasteiger charge is -2.10. The summed E-state index contributed by atoms with van der Waals surface area (Å²) in [7, 11) is 0. The van der Waals surface area contributed by atoms with Gasteiger partial charge in [0.15, 0.2) is 0 Å². The predicted octanol–water partition coefficient (Wildman–Crippen LogP) is 5.15. The number of hydrogen-bond acceptors (Lipinski definition) is 1. The highest BCUT2D eigenvalue weighted by Gasteiger charge is 2.08. The van der Waals surface area contributed by atoms with Gasteiger partial charge in [-0.2, -0.15) is 0 Å². The molecular formula is C20H26O. The van der Waals surface area contributed by atoms with Gasteiger partial charge in [0.1, 0.15) is 6.29 Å². The highest BCUT2D eigenvalue weighted by Crippen LogP contribution is 2.15. The van der Waals surface area contributed by atoms with Gasteiger partial charge < -0.3 is 4.79 Å². The Morgan fingerprint density at radius 2 is 1.57 bits per heavy atom. The van der Waals surface area contributed by atoms with Gasteiger partial charge in [-0.15, -0.1) is 0 Å². The molecule has 0 radical (unpaired) electrons. The summed E-state index contributed by atoms with van der Waals surface area (Å²) in [5.74, 6) is 0.195. The van der Waals surface area contributed by atoms with E-state index >= 15 is 0 Å². The molecule has 2 aromatic carbocycles. The Morgan fingerprint density at radius 1 is 0.952 bits per heavy atom. The summed E-state index contributed by atoms with van der Waals surface area (Å²) in [5, 5.41) is 0. The average molecular weight is 282 g/mol. The van der Waals surface area contributed by atoms with E-state index in [4.69, 9.17) is 0 Å². The molecule has 1 heteroatoms. The van der Waals surface area contributed by atoms with Gasteiger partial charge in [0.05, 0.1) is 0 Å². The van der Waals surface area contributed by atoms with Gasteiger partial charge in [0.2, 0.25) is 0 Å². The standard InChI is InChI=1S/C13H18O.C7H8/c1-3-6-12(10-14)9-13-8-5-4-7-11(13)2;1-7-5-3-2-4-6-7/h4-5,7-8,10,12H,3,6,9H2,1-2H3;2-6H,1H3. The van der Waals surface area contributed by atoms with Crippen LogP contribution in [0.25, 0.3) is 0 Å². The monoisotopic (exact) mass is 282 g/mol. The Hall–Kier alpha value is -1.89. The van der Waals surface area contributed by atoms with E-state index in [1.165, 1.54) is 16.7 Å². The van der Waals surface area contributed by atoms with Crippen LogP contribution < -0.4 is 0 Å². The highest BCUT2D eigenvalue weighted by molar-refractivity contribution is 5.54. The summed E-state index contributed by atoms with van der Waals surface area (Å²) in [5.41, 5.74) is 3.91. The number of hydrogen-bond donors (Lipinski definition) is 0. The summed E-state index contributed by atoms with van der Waals surface area (Å²) in [6.07, 6.45) is 4.06. The Morgan fingerprint density at radius 3 is 2.05 bits per heavy atom. The maximum absolute atomic E-state index is 10.8. The summed E-state index contributed by atoms with van der Waals surface area (Å²) in [4.78, 5) is 10.8. The van der Waals surface area contributed by atoms with Gasteiger partial charge in [-0.3, -0.25) is 0 Å². The Labute approximate surface area is 129 Å². The topological polar surface area (TPSA) is 17.1 Å². The largest absolute Gasteiger partial charge is 0.303 e. The zero-order valence-electron chi connectivity index (χ0n) is 13.4. The minimum atomic E-state index is 0.195. The van der Waals surface area contributed by atoms with E-state index < -0.39 is 0 Å². The second-order valence-corrected chi connectivity index (χ2v) is 5.47. The van der Waals surface area contributed by atoms with Crippen molar-refractivity contribution in [3.8, 4) is 0 Å². The fourth-order valence-electron chi connectivity index (χ4n) is 2.24. The minimum absolute atomic E-state index is 0.195. The van der Waals surface area contributed by atoms with Crippen molar-refractivity contribution in [2.75, 3.05) is 0 Å². The van der Waals surface area contributed by atoms with Gasteiger partial charge in [0.25, 0.3) is 0 Å². The molecule has 0 heterocycles. The third kappa shape index (κ3) is 6.89. The maximum atomic E-state index is 10.8. The molecule has 0 aromatic heterocycles. The number of carbonyl (C=O) groups excluding carboxylic acids is 1. The molecule has 112 valence electrons. The Bertz CT molecular complexity index is 516. The second kappa shape index (κ2) is 9.93. The Kier molecular flexibility index (Phi) is 8.11. The summed E-state index contributed by atoms with van der Waals surface area (Å²) >= 11 is 0. The molecule has 1 atom stereocenters. The molecule has 0 saturated heterocycles. The molecule has 2 rings (SSSR count). The predicted molar refractivity (Wildman–Crippen MR) is 90.5 cm³/mol. The molecular weight excluding hydrogens is 256 g/mol. The first-order chi connectivity index (χ1) is 10.2. The molecule has 2 aromatic rings. The van der Waals surface area contributed by atoms with Crippen molar-refractivity contribution in [3.63, 3.8) is 0 Å². The molecule has 0 amide bonds. The average Bonchev–Trinajstić information content (AvgIpc) is 2.50. The normalized spacial score (nSPS) is 11.2. The van der Waals surface area contributed by atoms with Crippen LogP contribution in [-0.2, 0) is 11.2 Å². The fourth-order valence-corrected chi connectivity index (χ4v) is 2.24. The van der Waals surface area contributed by atoms with E-state index in [1.54, 1.807) is 0 Å². The summed E-state index contributed by atoms with van der Waals surface area (Å²) in [6, 6.07) is 18.5. The van der Waals surface area contributed by atoms with Crippen molar-refractivity contribution >= 4 is 6.29 Å². The van der Waals surface area contributed by atoms with Crippen molar-refractivity contribution in [2.24, 2.45) is 5.92 Å². The van der Waals surface area contributed by atoms with E-state index in [9.17, 15) is 4.79 Å². The SMILES string of the molecule is CCCC(C=O)Cc1ccccc1C.Cc1ccccc1. The first-order valence-corrected chi connectivity index (χ1v) is 7.68. The number of benzene rings is 2. The number of aldehydes is 1. The number of rotatable bonds is 5. The quantitative estimate of drug-likeness (QED) is 0.693. The highest BCUT2D eigenvalue weighted by atomic mass is 16.1. The number of carbonyl (C=O) groups is 1. The molecule has 0 fully saturated rings. The van der Waals surface area contributed by atoms with E-state index in [0.717, 1.165) is 25.5 Å². The van der Waals surface area contributed by atoms with Gasteiger partial charge >= 0.3 is 0 Å². The van der Waals surface area contributed by atoms with Crippen molar-refractivity contribution in [1.82, 2.24) is 0 Å². The Balaban J connectivity index is 0.000000262.